The highest BCUT2D eigenvalue weighted by atomic mass is 16.5. The lowest BCUT2D eigenvalue weighted by molar-refractivity contribution is 0.242. The van der Waals surface area contributed by atoms with Crippen LogP contribution in [0.15, 0.2) is 57.8 Å². The molecule has 136 valence electrons. The molecule has 2 aromatic heterocycles. The summed E-state index contributed by atoms with van der Waals surface area (Å²) < 4.78 is 10.8. The molecular weight excluding hydrogens is 346 g/mol. The summed E-state index contributed by atoms with van der Waals surface area (Å²) in [6.07, 6.45) is 0.0789. The maximum absolute atomic E-state index is 12.4. The molecule has 0 atom stereocenters. The lowest BCUT2D eigenvalue weighted by Gasteiger charge is -2.09. The van der Waals surface area contributed by atoms with Crippen molar-refractivity contribution in [1.29, 1.82) is 0 Å². The number of aromatic nitrogens is 3. The maximum Gasteiger partial charge on any atom is 0.267 e. The lowest BCUT2D eigenvalue weighted by Crippen LogP contribution is -2.09. The van der Waals surface area contributed by atoms with E-state index in [1.807, 2.05) is 26.0 Å². The van der Waals surface area contributed by atoms with E-state index in [2.05, 4.69) is 15.1 Å². The number of ether oxygens (including phenoxy) is 1. The highest BCUT2D eigenvalue weighted by molar-refractivity contribution is 5.90. The number of H-pyrrole nitrogens is 1. The first-order valence-electron chi connectivity index (χ1n) is 8.48. The summed E-state index contributed by atoms with van der Waals surface area (Å²) in [6.45, 7) is 3.90. The smallest absolute Gasteiger partial charge is 0.267 e. The number of hydrogen-bond donors (Lipinski definition) is 2. The molecule has 0 saturated carbocycles. The number of nitrogens with zero attached hydrogens (tertiary/aromatic N) is 2. The summed E-state index contributed by atoms with van der Waals surface area (Å²) in [7, 11) is 0. The van der Waals surface area contributed by atoms with Crippen LogP contribution in [-0.4, -0.2) is 26.3 Å². The summed E-state index contributed by atoms with van der Waals surface area (Å²) in [5, 5.41) is 14.9. The predicted molar refractivity (Wildman–Crippen MR) is 101 cm³/mol. The largest absolute Gasteiger partial charge is 0.506 e. The van der Waals surface area contributed by atoms with E-state index < -0.39 is 5.56 Å². The molecule has 7 heteroatoms. The van der Waals surface area contributed by atoms with Crippen LogP contribution < -0.4 is 10.3 Å². The van der Waals surface area contributed by atoms with Crippen LogP contribution in [0.3, 0.4) is 0 Å². The minimum absolute atomic E-state index is 0.0444. The minimum Gasteiger partial charge on any atom is -0.506 e. The van der Waals surface area contributed by atoms with Gasteiger partial charge in [-0.2, -0.15) is 4.98 Å². The number of aromatic amines is 1. The van der Waals surface area contributed by atoms with E-state index >= 15 is 0 Å². The zero-order chi connectivity index (χ0) is 19.0. The van der Waals surface area contributed by atoms with Crippen molar-refractivity contribution >= 4 is 10.9 Å². The van der Waals surface area contributed by atoms with E-state index in [4.69, 9.17) is 9.26 Å². The van der Waals surface area contributed by atoms with Crippen molar-refractivity contribution in [3.63, 3.8) is 0 Å². The van der Waals surface area contributed by atoms with Crippen LogP contribution in [-0.2, 0) is 0 Å². The van der Waals surface area contributed by atoms with Gasteiger partial charge in [0.15, 0.2) is 0 Å². The Labute approximate surface area is 154 Å². The second-order valence-electron chi connectivity index (χ2n) is 6.34. The number of nitrogens with one attached hydrogen (secondary N) is 1. The Bertz CT molecular complexity index is 1160. The van der Waals surface area contributed by atoms with Gasteiger partial charge in [-0.05, 0) is 50.2 Å². The van der Waals surface area contributed by atoms with Crippen LogP contribution in [0.1, 0.15) is 13.8 Å². The fraction of sp³-hybridized carbons (Fsp3) is 0.150. The Morgan fingerprint density at radius 3 is 2.59 bits per heavy atom. The molecule has 0 bridgehead atoms. The van der Waals surface area contributed by atoms with E-state index in [9.17, 15) is 9.90 Å². The second-order valence-corrected chi connectivity index (χ2v) is 6.34. The number of para-hydroxylation sites is 1. The van der Waals surface area contributed by atoms with Crippen molar-refractivity contribution in [2.75, 3.05) is 0 Å². The number of aromatic hydroxyl groups is 1. The number of benzene rings is 2. The van der Waals surface area contributed by atoms with E-state index in [0.29, 0.717) is 22.3 Å². The van der Waals surface area contributed by atoms with Crippen molar-refractivity contribution in [1.82, 2.24) is 15.1 Å². The maximum atomic E-state index is 12.4. The van der Waals surface area contributed by atoms with Crippen molar-refractivity contribution in [2.24, 2.45) is 0 Å². The normalized spacial score (nSPS) is 11.2. The van der Waals surface area contributed by atoms with Crippen LogP contribution in [0.5, 0.6) is 11.5 Å². The molecule has 0 aliphatic rings. The van der Waals surface area contributed by atoms with Gasteiger partial charge in [-0.3, -0.25) is 4.79 Å². The Hall–Kier alpha value is -3.61. The van der Waals surface area contributed by atoms with E-state index in [-0.39, 0.29) is 23.3 Å². The molecule has 2 heterocycles. The van der Waals surface area contributed by atoms with Crippen LogP contribution in [0.25, 0.3) is 33.7 Å². The fourth-order valence-electron chi connectivity index (χ4n) is 2.82. The van der Waals surface area contributed by atoms with E-state index in [1.165, 1.54) is 0 Å². The molecular formula is C20H17N3O4. The Morgan fingerprint density at radius 1 is 1.11 bits per heavy atom. The Kier molecular flexibility index (Phi) is 4.12. The monoisotopic (exact) mass is 363 g/mol. The standard InChI is InChI=1S/C20H17N3O4/c1-11(2)26-13-9-7-12(8-10-13)18-22-20(27-23-18)16-17(24)14-5-3-4-6-15(14)21-19(16)25/h3-11H,1-2H3,(H2,21,24,25). The molecule has 2 N–H and O–H groups in total. The molecule has 0 saturated heterocycles. The summed E-state index contributed by atoms with van der Waals surface area (Å²) in [4.78, 5) is 19.4. The first-order chi connectivity index (χ1) is 13.0. The molecule has 4 aromatic rings. The Balaban J connectivity index is 1.73. The van der Waals surface area contributed by atoms with Gasteiger partial charge in [0.1, 0.15) is 17.1 Å². The van der Waals surface area contributed by atoms with E-state index in [1.54, 1.807) is 36.4 Å². The lowest BCUT2D eigenvalue weighted by atomic mass is 10.1. The molecule has 7 nitrogen and oxygen atoms in total. The SMILES string of the molecule is CC(C)Oc1ccc(-c2noc(-c3c(O)c4ccccc4[nH]c3=O)n2)cc1. The topological polar surface area (TPSA) is 101 Å². The number of fused-ring (bicyclic) bond motifs is 1. The second kappa shape index (κ2) is 6.60. The van der Waals surface area contributed by atoms with Crippen molar-refractivity contribution in [3.05, 3.63) is 58.9 Å². The van der Waals surface area contributed by atoms with Crippen LogP contribution in [0.4, 0.5) is 0 Å². The molecule has 0 spiro atoms. The van der Waals surface area contributed by atoms with Gasteiger partial charge < -0.3 is 19.4 Å². The molecule has 0 aliphatic heterocycles. The van der Waals surface area contributed by atoms with E-state index in [0.717, 1.165) is 5.75 Å². The van der Waals surface area contributed by atoms with Gasteiger partial charge in [0.05, 0.1) is 11.6 Å². The van der Waals surface area contributed by atoms with Crippen molar-refractivity contribution < 1.29 is 14.4 Å². The molecule has 0 fully saturated rings. The van der Waals surface area contributed by atoms with Gasteiger partial charge in [-0.15, -0.1) is 0 Å². The van der Waals surface area contributed by atoms with Gasteiger partial charge in [0.25, 0.3) is 11.4 Å². The summed E-state index contributed by atoms with van der Waals surface area (Å²) in [5.41, 5.74) is 0.691. The van der Waals surface area contributed by atoms with Gasteiger partial charge in [-0.1, -0.05) is 17.3 Å². The highest BCUT2D eigenvalue weighted by Gasteiger charge is 2.20. The quantitative estimate of drug-likeness (QED) is 0.573. The zero-order valence-electron chi connectivity index (χ0n) is 14.8. The number of rotatable bonds is 4. The average Bonchev–Trinajstić information content (AvgIpc) is 3.11. The van der Waals surface area contributed by atoms with Gasteiger partial charge in [-0.25, -0.2) is 0 Å². The first-order valence-corrected chi connectivity index (χ1v) is 8.48. The number of pyridine rings is 1. The fourth-order valence-corrected chi connectivity index (χ4v) is 2.82. The van der Waals surface area contributed by atoms with Gasteiger partial charge in [0, 0.05) is 10.9 Å². The van der Waals surface area contributed by atoms with Crippen LogP contribution in [0, 0.1) is 0 Å². The summed E-state index contributed by atoms with van der Waals surface area (Å²) in [6, 6.07) is 14.2. The van der Waals surface area contributed by atoms with Crippen molar-refractivity contribution in [3.8, 4) is 34.3 Å². The highest BCUT2D eigenvalue weighted by Crippen LogP contribution is 2.32. The van der Waals surface area contributed by atoms with Crippen LogP contribution >= 0.6 is 0 Å². The number of hydrogen-bond acceptors (Lipinski definition) is 6. The zero-order valence-corrected chi connectivity index (χ0v) is 14.8. The summed E-state index contributed by atoms with van der Waals surface area (Å²) in [5.74, 6) is 0.816. The molecule has 4 rings (SSSR count). The minimum atomic E-state index is -0.498. The third-order valence-electron chi connectivity index (χ3n) is 4.02. The van der Waals surface area contributed by atoms with Crippen LogP contribution in [0.2, 0.25) is 0 Å². The predicted octanol–water partition coefficient (Wildman–Crippen LogP) is 3.74. The van der Waals surface area contributed by atoms with Gasteiger partial charge >= 0.3 is 0 Å². The molecule has 2 aromatic carbocycles. The van der Waals surface area contributed by atoms with Gasteiger partial charge in [0.2, 0.25) is 5.82 Å². The third kappa shape index (κ3) is 3.15. The third-order valence-corrected chi connectivity index (χ3v) is 4.02. The summed E-state index contributed by atoms with van der Waals surface area (Å²) >= 11 is 0. The molecule has 0 amide bonds. The first kappa shape index (κ1) is 16.8. The molecule has 0 unspecified atom stereocenters. The Morgan fingerprint density at radius 2 is 1.85 bits per heavy atom. The van der Waals surface area contributed by atoms with Crippen molar-refractivity contribution in [2.45, 2.75) is 20.0 Å². The average molecular weight is 363 g/mol. The molecule has 0 radical (unpaired) electrons. The molecule has 0 aliphatic carbocycles. The molecule has 27 heavy (non-hydrogen) atoms.